The van der Waals surface area contributed by atoms with E-state index in [9.17, 15) is 0 Å². The van der Waals surface area contributed by atoms with Crippen LogP contribution >= 0.6 is 34.2 Å². The summed E-state index contributed by atoms with van der Waals surface area (Å²) in [6.45, 7) is 0.415. The molecule has 2 aromatic rings. The van der Waals surface area contributed by atoms with E-state index in [0.717, 1.165) is 20.6 Å². The van der Waals surface area contributed by atoms with Gasteiger partial charge in [0.2, 0.25) is 0 Å². The third-order valence-corrected chi connectivity index (χ3v) is 4.21. The summed E-state index contributed by atoms with van der Waals surface area (Å²) in [5.74, 6) is 1.96. The normalized spacial score (nSPS) is 10.5. The lowest BCUT2D eigenvalue weighted by Gasteiger charge is -2.13. The van der Waals surface area contributed by atoms with Crippen LogP contribution < -0.4 is 10.1 Å². The van der Waals surface area contributed by atoms with Crippen molar-refractivity contribution in [2.45, 2.75) is 6.61 Å². The van der Waals surface area contributed by atoms with E-state index >= 15 is 0 Å². The van der Waals surface area contributed by atoms with E-state index in [0.29, 0.717) is 23.2 Å². The van der Waals surface area contributed by atoms with Gasteiger partial charge in [-0.2, -0.15) is 0 Å². The van der Waals surface area contributed by atoms with Crippen molar-refractivity contribution in [3.05, 3.63) is 32.5 Å². The Morgan fingerprint density at radius 3 is 2.67 bits per heavy atom. The monoisotopic (exact) mass is 419 g/mol. The lowest BCUT2D eigenvalue weighted by atomic mass is 10.2. The zero-order valence-electron chi connectivity index (χ0n) is 11.9. The van der Waals surface area contributed by atoms with Gasteiger partial charge in [-0.05, 0) is 40.8 Å². The van der Waals surface area contributed by atoms with E-state index in [1.54, 1.807) is 26.4 Å². The molecule has 0 unspecified atom stereocenters. The molecule has 0 saturated heterocycles. The molecule has 0 spiro atoms. The average Bonchev–Trinajstić information content (AvgIpc) is 2.49. The molecule has 0 atom stereocenters. The fourth-order valence-electron chi connectivity index (χ4n) is 1.86. The standard InChI is InChI=1S/C14H15ClIN3O2/c1-17-14-12(16)10(7-20-2)18-13(19-14)9-5-4-8(15)6-11(9)21-3/h4-6H,7H2,1-3H3,(H,17,18,19). The predicted octanol–water partition coefficient (Wildman–Crippen LogP) is 3.60. The minimum absolute atomic E-state index is 0.415. The van der Waals surface area contributed by atoms with E-state index in [-0.39, 0.29) is 0 Å². The van der Waals surface area contributed by atoms with Gasteiger partial charge < -0.3 is 14.8 Å². The van der Waals surface area contributed by atoms with E-state index in [1.807, 2.05) is 13.1 Å². The number of aromatic nitrogens is 2. The van der Waals surface area contributed by atoms with Gasteiger partial charge in [0.25, 0.3) is 0 Å². The molecule has 5 nitrogen and oxygen atoms in total. The molecular weight excluding hydrogens is 405 g/mol. The lowest BCUT2D eigenvalue weighted by molar-refractivity contribution is 0.181. The van der Waals surface area contributed by atoms with E-state index in [2.05, 4.69) is 37.9 Å². The van der Waals surface area contributed by atoms with E-state index < -0.39 is 0 Å². The molecule has 0 aliphatic heterocycles. The lowest BCUT2D eigenvalue weighted by Crippen LogP contribution is -2.06. The summed E-state index contributed by atoms with van der Waals surface area (Å²) in [6.07, 6.45) is 0. The largest absolute Gasteiger partial charge is 0.496 e. The smallest absolute Gasteiger partial charge is 0.165 e. The van der Waals surface area contributed by atoms with Gasteiger partial charge in [0, 0.05) is 19.2 Å². The minimum atomic E-state index is 0.415. The number of methoxy groups -OCH3 is 2. The van der Waals surface area contributed by atoms with Crippen LogP contribution in [0.3, 0.4) is 0 Å². The molecule has 21 heavy (non-hydrogen) atoms. The summed E-state index contributed by atoms with van der Waals surface area (Å²) < 4.78 is 11.5. The molecule has 1 aromatic carbocycles. The molecule has 0 fully saturated rings. The van der Waals surface area contributed by atoms with Crippen molar-refractivity contribution < 1.29 is 9.47 Å². The first-order valence-electron chi connectivity index (χ1n) is 6.17. The molecule has 1 aromatic heterocycles. The van der Waals surface area contributed by atoms with Gasteiger partial charge in [0.15, 0.2) is 5.82 Å². The summed E-state index contributed by atoms with van der Waals surface area (Å²) >= 11 is 8.20. The number of halogens is 2. The molecule has 1 heterocycles. The number of hydrogen-bond donors (Lipinski definition) is 1. The molecule has 0 saturated carbocycles. The van der Waals surface area contributed by atoms with Crippen molar-refractivity contribution in [3.8, 4) is 17.1 Å². The Labute approximate surface area is 142 Å². The van der Waals surface area contributed by atoms with Crippen LogP contribution in [0.1, 0.15) is 5.69 Å². The second kappa shape index (κ2) is 7.24. The summed E-state index contributed by atoms with van der Waals surface area (Å²) in [7, 11) is 5.06. The van der Waals surface area contributed by atoms with E-state index in [4.69, 9.17) is 21.1 Å². The molecule has 0 aliphatic carbocycles. The number of rotatable bonds is 5. The third-order valence-electron chi connectivity index (χ3n) is 2.84. The highest BCUT2D eigenvalue weighted by molar-refractivity contribution is 14.1. The predicted molar refractivity (Wildman–Crippen MR) is 92.0 cm³/mol. The molecule has 112 valence electrons. The van der Waals surface area contributed by atoms with Crippen molar-refractivity contribution in [3.63, 3.8) is 0 Å². The van der Waals surface area contributed by atoms with Crippen LogP contribution in [0.25, 0.3) is 11.4 Å². The van der Waals surface area contributed by atoms with Crippen LogP contribution in [0.4, 0.5) is 5.82 Å². The maximum Gasteiger partial charge on any atom is 0.165 e. The number of ether oxygens (including phenoxy) is 2. The van der Waals surface area contributed by atoms with Crippen LogP contribution in [0.5, 0.6) is 5.75 Å². The quantitative estimate of drug-likeness (QED) is 0.751. The van der Waals surface area contributed by atoms with Crippen molar-refractivity contribution in [2.75, 3.05) is 26.6 Å². The fraction of sp³-hybridized carbons (Fsp3) is 0.286. The maximum atomic E-state index is 5.99. The van der Waals surface area contributed by atoms with Gasteiger partial charge in [0.1, 0.15) is 11.6 Å². The molecule has 0 bridgehead atoms. The van der Waals surface area contributed by atoms with Crippen LogP contribution in [-0.2, 0) is 11.3 Å². The van der Waals surface area contributed by atoms with Gasteiger partial charge in [-0.3, -0.25) is 0 Å². The number of nitrogens with zero attached hydrogens (tertiary/aromatic N) is 2. The summed E-state index contributed by atoms with van der Waals surface area (Å²) in [5, 5.41) is 3.68. The van der Waals surface area contributed by atoms with Gasteiger partial charge >= 0.3 is 0 Å². The summed E-state index contributed by atoms with van der Waals surface area (Å²) in [5.41, 5.74) is 1.61. The molecule has 7 heteroatoms. The number of benzene rings is 1. The maximum absolute atomic E-state index is 5.99. The third kappa shape index (κ3) is 3.56. The topological polar surface area (TPSA) is 56.3 Å². The first-order chi connectivity index (χ1) is 10.1. The van der Waals surface area contributed by atoms with Crippen molar-refractivity contribution in [2.24, 2.45) is 0 Å². The second-order valence-electron chi connectivity index (χ2n) is 4.18. The van der Waals surface area contributed by atoms with Crippen LogP contribution in [-0.4, -0.2) is 31.2 Å². The van der Waals surface area contributed by atoms with Crippen LogP contribution in [0.2, 0.25) is 5.02 Å². The van der Waals surface area contributed by atoms with Crippen molar-refractivity contribution >= 4 is 40.0 Å². The SMILES string of the molecule is CNc1nc(-c2ccc(Cl)cc2OC)nc(COC)c1I. The Morgan fingerprint density at radius 2 is 2.05 bits per heavy atom. The van der Waals surface area contributed by atoms with Crippen LogP contribution in [0, 0.1) is 3.57 Å². The summed E-state index contributed by atoms with van der Waals surface area (Å²) in [6, 6.07) is 5.38. The first-order valence-corrected chi connectivity index (χ1v) is 7.63. The second-order valence-corrected chi connectivity index (χ2v) is 5.70. The van der Waals surface area contributed by atoms with Gasteiger partial charge in [-0.1, -0.05) is 11.6 Å². The van der Waals surface area contributed by atoms with Gasteiger partial charge in [0.05, 0.1) is 28.5 Å². The molecule has 0 amide bonds. The van der Waals surface area contributed by atoms with Gasteiger partial charge in [-0.15, -0.1) is 0 Å². The average molecular weight is 420 g/mol. The Hall–Kier alpha value is -1.12. The molecule has 1 N–H and O–H groups in total. The van der Waals surface area contributed by atoms with Crippen molar-refractivity contribution in [1.29, 1.82) is 0 Å². The number of hydrogen-bond acceptors (Lipinski definition) is 5. The highest BCUT2D eigenvalue weighted by atomic mass is 127. The molecule has 0 aliphatic rings. The van der Waals surface area contributed by atoms with Crippen LogP contribution in [0.15, 0.2) is 18.2 Å². The number of anilines is 1. The minimum Gasteiger partial charge on any atom is -0.496 e. The van der Waals surface area contributed by atoms with Gasteiger partial charge in [-0.25, -0.2) is 9.97 Å². The fourth-order valence-corrected chi connectivity index (χ4v) is 2.69. The summed E-state index contributed by atoms with van der Waals surface area (Å²) in [4.78, 5) is 9.11. The van der Waals surface area contributed by atoms with E-state index in [1.165, 1.54) is 0 Å². The Balaban J connectivity index is 2.60. The highest BCUT2D eigenvalue weighted by Gasteiger charge is 2.15. The Morgan fingerprint density at radius 1 is 1.29 bits per heavy atom. The number of nitrogens with one attached hydrogen (secondary N) is 1. The molecular formula is C14H15ClIN3O2. The Bertz CT molecular complexity index is 652. The highest BCUT2D eigenvalue weighted by Crippen LogP contribution is 2.32. The molecule has 2 rings (SSSR count). The first kappa shape index (κ1) is 16.3. The van der Waals surface area contributed by atoms with Crippen molar-refractivity contribution in [1.82, 2.24) is 9.97 Å². The molecule has 0 radical (unpaired) electrons. The zero-order valence-corrected chi connectivity index (χ0v) is 14.8. The Kier molecular flexibility index (Phi) is 5.60. The zero-order chi connectivity index (χ0) is 15.4.